The lowest BCUT2D eigenvalue weighted by Gasteiger charge is -2.32. The molecule has 39 heavy (non-hydrogen) atoms. The number of likely N-dealkylation sites (tertiary alicyclic amines) is 1. The Balaban J connectivity index is 1.41. The molecular weight excluding hydrogens is 542 g/mol. The Morgan fingerprint density at radius 2 is 1.90 bits per heavy atom. The molecule has 5 rings (SSSR count). The van der Waals surface area contributed by atoms with Crippen LogP contribution in [0.25, 0.3) is 22.4 Å². The van der Waals surface area contributed by atoms with Crippen molar-refractivity contribution in [1.82, 2.24) is 30.0 Å². The first-order chi connectivity index (χ1) is 18.4. The second-order valence-electron chi connectivity index (χ2n) is 9.17. The summed E-state index contributed by atoms with van der Waals surface area (Å²) in [5.41, 5.74) is 0.403. The van der Waals surface area contributed by atoms with Crippen LogP contribution in [0.1, 0.15) is 17.7 Å². The van der Waals surface area contributed by atoms with E-state index in [1.54, 1.807) is 6.92 Å². The lowest BCUT2D eigenvalue weighted by molar-refractivity contribution is -0.137. The van der Waals surface area contributed by atoms with Crippen LogP contribution in [0.15, 0.2) is 47.6 Å². The number of nitrogens with one attached hydrogen (secondary N) is 2. The van der Waals surface area contributed by atoms with E-state index in [1.165, 1.54) is 24.3 Å². The quantitative estimate of drug-likeness (QED) is 0.337. The molecule has 10 nitrogen and oxygen atoms in total. The molecule has 1 aliphatic rings. The third-order valence-electron chi connectivity index (χ3n) is 6.25. The number of benzene rings is 1. The molecule has 0 saturated carbocycles. The fraction of sp³-hybridized carbons (Fsp3) is 0.333. The second-order valence-corrected chi connectivity index (χ2v) is 10.8. The number of fused-ring (bicyclic) bond motifs is 1. The number of aromatic nitrogens is 5. The van der Waals surface area contributed by atoms with Crippen molar-refractivity contribution < 1.29 is 30.7 Å². The summed E-state index contributed by atoms with van der Waals surface area (Å²) in [6.45, 7) is 2.66. The second kappa shape index (κ2) is 10.0. The van der Waals surface area contributed by atoms with Gasteiger partial charge in [-0.25, -0.2) is 14.4 Å². The third-order valence-corrected chi connectivity index (χ3v) is 7.53. The van der Waals surface area contributed by atoms with Crippen molar-refractivity contribution in [3.8, 4) is 17.3 Å². The number of sulfonamides is 1. The van der Waals surface area contributed by atoms with Gasteiger partial charge < -0.3 is 9.64 Å². The Morgan fingerprint density at radius 1 is 1.15 bits per heavy atom. The number of halogens is 4. The molecule has 206 valence electrons. The van der Waals surface area contributed by atoms with Gasteiger partial charge in [0.15, 0.2) is 16.5 Å². The normalized spacial score (nSPS) is 18.8. The van der Waals surface area contributed by atoms with Crippen molar-refractivity contribution in [2.45, 2.75) is 36.8 Å². The van der Waals surface area contributed by atoms with E-state index in [0.717, 1.165) is 6.20 Å². The molecule has 1 aliphatic heterocycles. The monoisotopic (exact) mass is 565 g/mol. The van der Waals surface area contributed by atoms with Crippen molar-refractivity contribution in [1.29, 1.82) is 0 Å². The van der Waals surface area contributed by atoms with E-state index in [9.17, 15) is 26.0 Å². The Morgan fingerprint density at radius 3 is 2.59 bits per heavy atom. The molecule has 15 heteroatoms. The number of anilines is 1. The van der Waals surface area contributed by atoms with Crippen molar-refractivity contribution in [2.75, 3.05) is 24.9 Å². The van der Waals surface area contributed by atoms with E-state index < -0.39 is 39.1 Å². The standard InChI is InChI=1S/C24H23F4N7O3S/c1-13-20-22(33-32-13)30-21(31-23(20)38-18-8-10-35(2)12-17(18)25)14-3-5-16(6-4-14)34-39(36,37)19-11-15(7-9-29-19)24(26,27)28/h3-7,9,11,17-18,34H,8,10,12H2,1-2H3,(H,30,31,32,33)/t17-,18+/m0/s1. The summed E-state index contributed by atoms with van der Waals surface area (Å²) in [7, 11) is -2.56. The van der Waals surface area contributed by atoms with Crippen LogP contribution in [0, 0.1) is 6.92 Å². The molecule has 0 spiro atoms. The largest absolute Gasteiger partial charge is 0.471 e. The van der Waals surface area contributed by atoms with Crippen molar-refractivity contribution in [2.24, 2.45) is 0 Å². The van der Waals surface area contributed by atoms with E-state index in [4.69, 9.17) is 4.74 Å². The first-order valence-corrected chi connectivity index (χ1v) is 13.3. The Hall–Kier alpha value is -3.85. The van der Waals surface area contributed by atoms with Crippen LogP contribution in [0.4, 0.5) is 23.2 Å². The van der Waals surface area contributed by atoms with E-state index in [1.807, 2.05) is 11.9 Å². The van der Waals surface area contributed by atoms with Gasteiger partial charge in [-0.15, -0.1) is 0 Å². The Bertz CT molecular complexity index is 1610. The summed E-state index contributed by atoms with van der Waals surface area (Å²) in [5, 5.41) is 6.72. The van der Waals surface area contributed by atoms with E-state index in [-0.39, 0.29) is 23.9 Å². The molecule has 0 unspecified atom stereocenters. The maximum Gasteiger partial charge on any atom is 0.416 e. The number of piperidine rings is 1. The lowest BCUT2D eigenvalue weighted by atomic mass is 10.1. The third kappa shape index (κ3) is 5.63. The summed E-state index contributed by atoms with van der Waals surface area (Å²) >= 11 is 0. The van der Waals surface area contributed by atoms with Gasteiger partial charge >= 0.3 is 6.18 Å². The lowest BCUT2D eigenvalue weighted by Crippen LogP contribution is -2.45. The van der Waals surface area contributed by atoms with Crippen LogP contribution in [0.5, 0.6) is 5.88 Å². The zero-order chi connectivity index (χ0) is 27.9. The number of alkyl halides is 4. The molecule has 1 fully saturated rings. The predicted molar refractivity (Wildman–Crippen MR) is 133 cm³/mol. The summed E-state index contributed by atoms with van der Waals surface area (Å²) in [6.07, 6.45) is -5.36. The zero-order valence-corrected chi connectivity index (χ0v) is 21.5. The van der Waals surface area contributed by atoms with Crippen LogP contribution < -0.4 is 9.46 Å². The number of nitrogens with zero attached hydrogens (tertiary/aromatic N) is 5. The average Bonchev–Trinajstić information content (AvgIpc) is 3.26. The number of aromatic amines is 1. The minimum atomic E-state index is -4.72. The molecule has 1 saturated heterocycles. The number of rotatable bonds is 6. The van der Waals surface area contributed by atoms with Gasteiger partial charge in [0.25, 0.3) is 10.0 Å². The molecule has 2 atom stereocenters. The number of aryl methyl sites for hydroxylation is 1. The molecule has 0 radical (unpaired) electrons. The number of hydrogen-bond acceptors (Lipinski definition) is 8. The highest BCUT2D eigenvalue weighted by atomic mass is 32.2. The van der Waals surface area contributed by atoms with Gasteiger partial charge in [-0.2, -0.15) is 31.7 Å². The van der Waals surface area contributed by atoms with Crippen LogP contribution in [0.2, 0.25) is 0 Å². The van der Waals surface area contributed by atoms with E-state index in [0.29, 0.717) is 47.4 Å². The number of ether oxygens (including phenoxy) is 1. The first-order valence-electron chi connectivity index (χ1n) is 11.8. The van der Waals surface area contributed by atoms with Crippen molar-refractivity contribution >= 4 is 26.7 Å². The van der Waals surface area contributed by atoms with Gasteiger partial charge in [-0.05, 0) is 56.8 Å². The summed E-state index contributed by atoms with van der Waals surface area (Å²) in [5.74, 6) is 0.400. The van der Waals surface area contributed by atoms with Gasteiger partial charge in [0, 0.05) is 30.5 Å². The van der Waals surface area contributed by atoms with Gasteiger partial charge in [0.2, 0.25) is 5.88 Å². The molecule has 1 aromatic carbocycles. The fourth-order valence-corrected chi connectivity index (χ4v) is 5.23. The van der Waals surface area contributed by atoms with Gasteiger partial charge in [-0.3, -0.25) is 9.82 Å². The van der Waals surface area contributed by atoms with Crippen molar-refractivity contribution in [3.63, 3.8) is 0 Å². The summed E-state index contributed by atoms with van der Waals surface area (Å²) in [6, 6.07) is 7.01. The molecule has 0 aliphatic carbocycles. The minimum absolute atomic E-state index is 0.0829. The summed E-state index contributed by atoms with van der Waals surface area (Å²) in [4.78, 5) is 14.4. The molecule has 3 aromatic heterocycles. The minimum Gasteiger partial charge on any atom is -0.471 e. The fourth-order valence-electron chi connectivity index (χ4n) is 4.19. The van der Waals surface area contributed by atoms with Gasteiger partial charge in [0.1, 0.15) is 17.7 Å². The topological polar surface area (TPSA) is 126 Å². The van der Waals surface area contributed by atoms with Crippen LogP contribution >= 0.6 is 0 Å². The zero-order valence-electron chi connectivity index (χ0n) is 20.7. The molecule has 0 amide bonds. The van der Waals surface area contributed by atoms with Crippen LogP contribution in [-0.4, -0.2) is 70.9 Å². The molecule has 4 aromatic rings. The van der Waals surface area contributed by atoms with Crippen molar-refractivity contribution in [3.05, 3.63) is 53.9 Å². The highest BCUT2D eigenvalue weighted by molar-refractivity contribution is 7.92. The highest BCUT2D eigenvalue weighted by Gasteiger charge is 2.33. The summed E-state index contributed by atoms with van der Waals surface area (Å²) < 4.78 is 87.1. The molecule has 4 heterocycles. The molecule has 0 bridgehead atoms. The van der Waals surface area contributed by atoms with Crippen LogP contribution in [-0.2, 0) is 16.2 Å². The first kappa shape index (κ1) is 26.7. The van der Waals surface area contributed by atoms with E-state index >= 15 is 0 Å². The molecule has 2 N–H and O–H groups in total. The maximum atomic E-state index is 14.7. The number of hydrogen-bond donors (Lipinski definition) is 2. The smallest absolute Gasteiger partial charge is 0.416 e. The highest BCUT2D eigenvalue weighted by Crippen LogP contribution is 2.32. The number of H-pyrrole nitrogens is 1. The molecular formula is C24H23F4N7O3S. The number of pyridine rings is 1. The van der Waals surface area contributed by atoms with Crippen LogP contribution in [0.3, 0.4) is 0 Å². The SMILES string of the molecule is Cc1n[nH]c2nc(-c3ccc(NS(=O)(=O)c4cc(C(F)(F)F)ccn4)cc3)nc(O[C@@H]3CCN(C)C[C@@H]3F)c12. The van der Waals surface area contributed by atoms with Gasteiger partial charge in [-0.1, -0.05) is 0 Å². The predicted octanol–water partition coefficient (Wildman–Crippen LogP) is 3.96. The average molecular weight is 566 g/mol. The van der Waals surface area contributed by atoms with E-state index in [2.05, 4.69) is 29.9 Å². The Labute approximate surface area is 220 Å². The van der Waals surface area contributed by atoms with Gasteiger partial charge in [0.05, 0.1) is 11.3 Å². The Kier molecular flexibility index (Phi) is 6.88. The maximum absolute atomic E-state index is 14.7.